The van der Waals surface area contributed by atoms with E-state index < -0.39 is 17.1 Å². The van der Waals surface area contributed by atoms with Crippen molar-refractivity contribution in [2.24, 2.45) is 0 Å². The maximum Gasteiger partial charge on any atom is 0.257 e. The van der Waals surface area contributed by atoms with Crippen LogP contribution in [0.1, 0.15) is 18.6 Å². The quantitative estimate of drug-likeness (QED) is 0.744. The minimum Gasteiger partial charge on any atom is -0.388 e. The van der Waals surface area contributed by atoms with Crippen molar-refractivity contribution in [3.63, 3.8) is 0 Å². The Labute approximate surface area is 85.1 Å². The third-order valence-corrected chi connectivity index (χ3v) is 2.38. The average Bonchev–Trinajstić information content (AvgIpc) is 2.17. The zero-order valence-corrected chi connectivity index (χ0v) is 8.95. The van der Waals surface area contributed by atoms with Crippen molar-refractivity contribution in [2.75, 3.05) is 12.4 Å². The molecule has 1 aromatic rings. The Morgan fingerprint density at radius 1 is 1.43 bits per heavy atom. The van der Waals surface area contributed by atoms with Gasteiger partial charge in [0.2, 0.25) is 0 Å². The Hall–Kier alpha value is -1.07. The van der Waals surface area contributed by atoms with E-state index >= 15 is 0 Å². The molecule has 1 aromatic carbocycles. The molecule has 0 aliphatic rings. The lowest BCUT2D eigenvalue weighted by molar-refractivity contribution is 0.245. The summed E-state index contributed by atoms with van der Waals surface area (Å²) in [6.45, 7) is 1.69. The van der Waals surface area contributed by atoms with E-state index in [1.807, 2.05) is 24.3 Å². The van der Waals surface area contributed by atoms with Crippen molar-refractivity contribution in [3.05, 3.63) is 29.8 Å². The van der Waals surface area contributed by atoms with Gasteiger partial charge in [-0.3, -0.25) is 4.18 Å². The van der Waals surface area contributed by atoms with Crippen LogP contribution in [0.5, 0.6) is 0 Å². The van der Waals surface area contributed by atoms with Gasteiger partial charge in [0.25, 0.3) is 11.0 Å². The first kappa shape index (κ1) is 11.0. The van der Waals surface area contributed by atoms with Gasteiger partial charge in [-0.2, -0.15) is 0 Å². The summed E-state index contributed by atoms with van der Waals surface area (Å²) in [5.41, 5.74) is 1.76. The van der Waals surface area contributed by atoms with Crippen molar-refractivity contribution in [1.82, 2.24) is 0 Å². The van der Waals surface area contributed by atoms with E-state index in [0.717, 1.165) is 11.3 Å². The fourth-order valence-electron chi connectivity index (χ4n) is 1.14. The Bertz CT molecular complexity index is 368. The Balaban J connectivity index is 2.83. The molecule has 0 radical (unpaired) electrons. The normalized spacial score (nSPS) is 12.8. The topological polar surface area (TPSA) is 55.4 Å². The summed E-state index contributed by atoms with van der Waals surface area (Å²) in [6.07, 6.45) is -0.440. The summed E-state index contributed by atoms with van der Waals surface area (Å²) >= 11 is 0. The van der Waals surface area contributed by atoms with E-state index in [9.17, 15) is 8.42 Å². The molecule has 0 bridgehead atoms. The van der Waals surface area contributed by atoms with Crippen LogP contribution >= 0.6 is 0 Å². The SMILES string of the molecule is CNc1cccc(C(C)O[SH](=O)=O)c1. The number of hydrogen-bond donors (Lipinski definition) is 2. The molecule has 0 aliphatic carbocycles. The van der Waals surface area contributed by atoms with Crippen LogP contribution in [-0.2, 0) is 15.2 Å². The molecular formula is C9H13NO3S. The van der Waals surface area contributed by atoms with Crippen molar-refractivity contribution in [1.29, 1.82) is 0 Å². The Kier molecular flexibility index (Phi) is 3.91. The van der Waals surface area contributed by atoms with E-state index in [-0.39, 0.29) is 0 Å². The maximum absolute atomic E-state index is 10.3. The van der Waals surface area contributed by atoms with E-state index in [1.54, 1.807) is 14.0 Å². The highest BCUT2D eigenvalue weighted by atomic mass is 32.2. The van der Waals surface area contributed by atoms with Crippen LogP contribution in [0.2, 0.25) is 0 Å². The second kappa shape index (κ2) is 4.97. The first-order valence-corrected chi connectivity index (χ1v) is 5.32. The van der Waals surface area contributed by atoms with Gasteiger partial charge in [-0.15, -0.1) is 0 Å². The molecule has 0 spiro atoms. The standard InChI is InChI=1S/C9H13NO3S/c1-7(13-14(11)12)8-4-3-5-9(6-8)10-2/h3-7,10,14H,1-2H3. The summed E-state index contributed by atoms with van der Waals surface area (Å²) in [5.74, 6) is 0. The van der Waals surface area contributed by atoms with Crippen LogP contribution < -0.4 is 5.32 Å². The lowest BCUT2D eigenvalue weighted by atomic mass is 10.1. The van der Waals surface area contributed by atoms with Gasteiger partial charge in [-0.1, -0.05) is 12.1 Å². The maximum atomic E-state index is 10.3. The molecule has 0 fully saturated rings. The van der Waals surface area contributed by atoms with Gasteiger partial charge in [-0.05, 0) is 24.6 Å². The largest absolute Gasteiger partial charge is 0.388 e. The fraction of sp³-hybridized carbons (Fsp3) is 0.333. The molecule has 4 nitrogen and oxygen atoms in total. The van der Waals surface area contributed by atoms with Gasteiger partial charge in [0.1, 0.15) is 0 Å². The van der Waals surface area contributed by atoms with Crippen molar-refractivity contribution < 1.29 is 12.6 Å². The first-order valence-electron chi connectivity index (χ1n) is 4.22. The molecule has 0 saturated carbocycles. The van der Waals surface area contributed by atoms with Crippen LogP contribution in [0, 0.1) is 0 Å². The van der Waals surface area contributed by atoms with E-state index in [0.29, 0.717) is 0 Å². The molecule has 1 unspecified atom stereocenters. The van der Waals surface area contributed by atoms with Crippen molar-refractivity contribution >= 4 is 16.7 Å². The van der Waals surface area contributed by atoms with Gasteiger partial charge in [0.05, 0.1) is 6.10 Å². The van der Waals surface area contributed by atoms with Crippen LogP contribution in [0.3, 0.4) is 0 Å². The molecule has 1 atom stereocenters. The highest BCUT2D eigenvalue weighted by Crippen LogP contribution is 2.19. The molecule has 78 valence electrons. The van der Waals surface area contributed by atoms with Crippen LogP contribution in [0.15, 0.2) is 24.3 Å². The van der Waals surface area contributed by atoms with E-state index in [1.165, 1.54) is 0 Å². The highest BCUT2D eigenvalue weighted by molar-refractivity contribution is 7.67. The third-order valence-electron chi connectivity index (χ3n) is 1.89. The summed E-state index contributed by atoms with van der Waals surface area (Å²) in [7, 11) is -0.994. The number of nitrogens with one attached hydrogen (secondary N) is 1. The molecule has 0 aromatic heterocycles. The van der Waals surface area contributed by atoms with Crippen LogP contribution in [-0.4, -0.2) is 15.5 Å². The molecule has 0 aliphatic heterocycles. The molecule has 1 rings (SSSR count). The Morgan fingerprint density at radius 2 is 2.14 bits per heavy atom. The summed E-state index contributed by atoms with van der Waals surface area (Å²) in [4.78, 5) is 0. The summed E-state index contributed by atoms with van der Waals surface area (Å²) in [6, 6.07) is 7.42. The summed E-state index contributed by atoms with van der Waals surface area (Å²) < 4.78 is 25.3. The smallest absolute Gasteiger partial charge is 0.257 e. The van der Waals surface area contributed by atoms with Gasteiger partial charge >= 0.3 is 0 Å². The highest BCUT2D eigenvalue weighted by Gasteiger charge is 2.06. The lowest BCUT2D eigenvalue weighted by Crippen LogP contribution is -1.99. The molecule has 1 N–H and O–H groups in total. The zero-order valence-electron chi connectivity index (χ0n) is 8.06. The molecule has 0 saturated heterocycles. The molecule has 5 heteroatoms. The van der Waals surface area contributed by atoms with Gasteiger partial charge in [0, 0.05) is 12.7 Å². The Morgan fingerprint density at radius 3 is 2.71 bits per heavy atom. The van der Waals surface area contributed by atoms with Gasteiger partial charge < -0.3 is 5.32 Å². The van der Waals surface area contributed by atoms with Crippen molar-refractivity contribution in [3.8, 4) is 0 Å². The van der Waals surface area contributed by atoms with E-state index in [4.69, 9.17) is 0 Å². The fourth-order valence-corrected chi connectivity index (χ4v) is 1.52. The minimum absolute atomic E-state index is 0.440. The lowest BCUT2D eigenvalue weighted by Gasteiger charge is -2.09. The number of hydrogen-bond acceptors (Lipinski definition) is 4. The molecule has 0 heterocycles. The van der Waals surface area contributed by atoms with E-state index in [2.05, 4.69) is 9.50 Å². The van der Waals surface area contributed by atoms with Gasteiger partial charge in [-0.25, -0.2) is 8.42 Å². The van der Waals surface area contributed by atoms with Gasteiger partial charge in [0.15, 0.2) is 0 Å². The number of anilines is 1. The monoisotopic (exact) mass is 215 g/mol. The second-order valence-corrected chi connectivity index (χ2v) is 3.50. The molecular weight excluding hydrogens is 202 g/mol. The second-order valence-electron chi connectivity index (χ2n) is 2.85. The van der Waals surface area contributed by atoms with Crippen LogP contribution in [0.25, 0.3) is 0 Å². The number of thiol groups is 1. The minimum atomic E-state index is -2.80. The molecule has 14 heavy (non-hydrogen) atoms. The van der Waals surface area contributed by atoms with Crippen molar-refractivity contribution in [2.45, 2.75) is 13.0 Å². The predicted octanol–water partition coefficient (Wildman–Crippen LogP) is 1.33. The molecule has 0 amide bonds. The predicted molar refractivity (Wildman–Crippen MR) is 55.8 cm³/mol. The average molecular weight is 215 g/mol. The summed E-state index contributed by atoms with van der Waals surface area (Å²) in [5, 5.41) is 2.97. The zero-order chi connectivity index (χ0) is 10.6. The third kappa shape index (κ3) is 3.01. The van der Waals surface area contributed by atoms with Crippen LogP contribution in [0.4, 0.5) is 5.69 Å². The number of rotatable bonds is 4. The first-order chi connectivity index (χ1) is 6.63. The number of benzene rings is 1.